The van der Waals surface area contributed by atoms with Crippen molar-refractivity contribution in [3.63, 3.8) is 0 Å². The van der Waals surface area contributed by atoms with Gasteiger partial charge in [-0.05, 0) is 43.7 Å². The van der Waals surface area contributed by atoms with Gasteiger partial charge >= 0.3 is 5.97 Å². The van der Waals surface area contributed by atoms with Crippen LogP contribution in [-0.2, 0) is 11.3 Å². The molecular weight excluding hydrogens is 418 g/mol. The van der Waals surface area contributed by atoms with E-state index in [1.807, 2.05) is 18.2 Å². The molecule has 1 amide bonds. The number of nitrogens with one attached hydrogen (secondary N) is 1. The molecule has 0 saturated heterocycles. The van der Waals surface area contributed by atoms with Gasteiger partial charge in [-0.2, -0.15) is 0 Å². The third-order valence-corrected chi connectivity index (χ3v) is 6.03. The second-order valence-corrected chi connectivity index (χ2v) is 7.86. The second-order valence-electron chi connectivity index (χ2n) is 6.86. The smallest absolute Gasteiger partial charge is 0.373 e. The first-order valence-electron chi connectivity index (χ1n) is 9.43. The van der Waals surface area contributed by atoms with Gasteiger partial charge in [0.15, 0.2) is 0 Å². The zero-order valence-corrected chi connectivity index (χ0v) is 17.9. The molecule has 0 atom stereocenters. The summed E-state index contributed by atoms with van der Waals surface area (Å²) in [5, 5.41) is 3.24. The highest BCUT2D eigenvalue weighted by Crippen LogP contribution is 2.28. The van der Waals surface area contributed by atoms with E-state index in [0.29, 0.717) is 37.9 Å². The van der Waals surface area contributed by atoms with E-state index in [9.17, 15) is 14.4 Å². The lowest BCUT2D eigenvalue weighted by molar-refractivity contribution is 0.0562. The molecule has 0 unspecified atom stereocenters. The second kappa shape index (κ2) is 8.19. The van der Waals surface area contributed by atoms with E-state index in [1.165, 1.54) is 29.1 Å². The van der Waals surface area contributed by atoms with Crippen molar-refractivity contribution in [2.75, 3.05) is 12.4 Å². The van der Waals surface area contributed by atoms with Gasteiger partial charge in [-0.25, -0.2) is 9.78 Å². The minimum Gasteiger partial charge on any atom is -0.463 e. The molecule has 0 fully saturated rings. The number of esters is 1. The Morgan fingerprint density at radius 3 is 2.61 bits per heavy atom. The minimum atomic E-state index is -0.591. The molecule has 0 saturated carbocycles. The standard InChI is InChI=1S/C22H19N3O5S/c1-12-17-20(31-18(12)19(26)24-14-7-5-4-6-8-14)23-13(2)25(21(17)27)11-15-9-10-16(30-15)22(28)29-3/h4-10H,11H2,1-3H3,(H,24,26). The van der Waals surface area contributed by atoms with E-state index in [4.69, 9.17) is 4.42 Å². The van der Waals surface area contributed by atoms with E-state index in [1.54, 1.807) is 32.0 Å². The number of fused-ring (bicyclic) bond motifs is 1. The topological polar surface area (TPSA) is 103 Å². The Labute approximate surface area is 181 Å². The van der Waals surface area contributed by atoms with Gasteiger partial charge in [-0.15, -0.1) is 11.3 Å². The van der Waals surface area contributed by atoms with Crippen LogP contribution in [0.25, 0.3) is 10.2 Å². The number of amides is 1. The van der Waals surface area contributed by atoms with Crippen molar-refractivity contribution in [1.82, 2.24) is 9.55 Å². The molecule has 0 aliphatic heterocycles. The Kier molecular flexibility index (Phi) is 5.43. The molecule has 0 spiro atoms. The summed E-state index contributed by atoms with van der Waals surface area (Å²) in [6.45, 7) is 3.55. The fraction of sp³-hybridized carbons (Fsp3) is 0.182. The predicted molar refractivity (Wildman–Crippen MR) is 117 cm³/mol. The molecule has 0 radical (unpaired) electrons. The SMILES string of the molecule is COC(=O)c1ccc(Cn2c(C)nc3sc(C(=O)Nc4ccccc4)c(C)c3c2=O)o1. The highest BCUT2D eigenvalue weighted by Gasteiger charge is 2.21. The fourth-order valence-corrected chi connectivity index (χ4v) is 4.37. The van der Waals surface area contributed by atoms with Crippen molar-refractivity contribution in [3.05, 3.63) is 80.6 Å². The summed E-state index contributed by atoms with van der Waals surface area (Å²) in [5.74, 6) is 0.0750. The number of thiophene rings is 1. The van der Waals surface area contributed by atoms with Gasteiger partial charge in [0, 0.05) is 5.69 Å². The first kappa shape index (κ1) is 20.5. The van der Waals surface area contributed by atoms with Crippen molar-refractivity contribution in [1.29, 1.82) is 0 Å². The van der Waals surface area contributed by atoms with Crippen LogP contribution in [-0.4, -0.2) is 28.5 Å². The van der Waals surface area contributed by atoms with Gasteiger partial charge < -0.3 is 14.5 Å². The van der Waals surface area contributed by atoms with Crippen molar-refractivity contribution < 1.29 is 18.7 Å². The average molecular weight is 437 g/mol. The van der Waals surface area contributed by atoms with Gasteiger partial charge in [-0.3, -0.25) is 14.2 Å². The number of hydrogen-bond acceptors (Lipinski definition) is 7. The molecule has 31 heavy (non-hydrogen) atoms. The largest absolute Gasteiger partial charge is 0.463 e. The number of anilines is 1. The van der Waals surface area contributed by atoms with Crippen molar-refractivity contribution in [2.45, 2.75) is 20.4 Å². The van der Waals surface area contributed by atoms with E-state index in [2.05, 4.69) is 15.0 Å². The highest BCUT2D eigenvalue weighted by atomic mass is 32.1. The number of hydrogen-bond donors (Lipinski definition) is 1. The number of carbonyl (C=O) groups excluding carboxylic acids is 2. The van der Waals surface area contributed by atoms with Crippen LogP contribution in [0.15, 0.2) is 51.7 Å². The molecule has 0 aliphatic carbocycles. The van der Waals surface area contributed by atoms with Gasteiger partial charge in [0.1, 0.15) is 16.4 Å². The summed E-state index contributed by atoms with van der Waals surface area (Å²) >= 11 is 1.18. The van der Waals surface area contributed by atoms with Crippen LogP contribution in [0.3, 0.4) is 0 Å². The maximum Gasteiger partial charge on any atom is 0.373 e. The Hall–Kier alpha value is -3.72. The third kappa shape index (κ3) is 3.87. The highest BCUT2D eigenvalue weighted by molar-refractivity contribution is 7.20. The molecule has 0 bridgehead atoms. The van der Waals surface area contributed by atoms with Crippen LogP contribution in [0.4, 0.5) is 5.69 Å². The van der Waals surface area contributed by atoms with E-state index in [-0.39, 0.29) is 23.8 Å². The molecule has 1 N–H and O–H groups in total. The molecule has 9 heteroatoms. The van der Waals surface area contributed by atoms with Crippen LogP contribution in [0.5, 0.6) is 0 Å². The minimum absolute atomic E-state index is 0.0591. The van der Waals surface area contributed by atoms with Crippen molar-refractivity contribution >= 4 is 39.1 Å². The average Bonchev–Trinajstić information content (AvgIpc) is 3.36. The molecule has 3 heterocycles. The summed E-state index contributed by atoms with van der Waals surface area (Å²) in [6, 6.07) is 12.2. The summed E-state index contributed by atoms with van der Waals surface area (Å²) in [4.78, 5) is 43.1. The summed E-state index contributed by atoms with van der Waals surface area (Å²) in [5.41, 5.74) is 0.977. The third-order valence-electron chi connectivity index (χ3n) is 4.84. The normalized spacial score (nSPS) is 10.9. The number of nitrogens with zero attached hydrogens (tertiary/aromatic N) is 2. The number of carbonyl (C=O) groups is 2. The molecule has 1 aromatic carbocycles. The Morgan fingerprint density at radius 1 is 1.16 bits per heavy atom. The van der Waals surface area contributed by atoms with Gasteiger partial charge in [0.2, 0.25) is 5.76 Å². The van der Waals surface area contributed by atoms with E-state index < -0.39 is 5.97 Å². The lowest BCUT2D eigenvalue weighted by Crippen LogP contribution is -2.24. The zero-order chi connectivity index (χ0) is 22.1. The summed E-state index contributed by atoms with van der Waals surface area (Å²) in [7, 11) is 1.27. The number of para-hydroxylation sites is 1. The monoisotopic (exact) mass is 437 g/mol. The maximum atomic E-state index is 13.2. The number of methoxy groups -OCH3 is 1. The Morgan fingerprint density at radius 2 is 1.90 bits per heavy atom. The number of aromatic nitrogens is 2. The quantitative estimate of drug-likeness (QED) is 0.477. The van der Waals surface area contributed by atoms with Crippen LogP contribution >= 0.6 is 11.3 Å². The van der Waals surface area contributed by atoms with Crippen LogP contribution in [0.1, 0.15) is 37.4 Å². The summed E-state index contributed by atoms with van der Waals surface area (Å²) < 4.78 is 11.6. The maximum absolute atomic E-state index is 13.2. The molecule has 3 aromatic heterocycles. The molecule has 4 aromatic rings. The Bertz CT molecular complexity index is 1350. The number of rotatable bonds is 5. The zero-order valence-electron chi connectivity index (χ0n) is 17.1. The fourth-order valence-electron chi connectivity index (χ4n) is 3.26. The number of aryl methyl sites for hydroxylation is 2. The van der Waals surface area contributed by atoms with Crippen molar-refractivity contribution in [3.8, 4) is 0 Å². The lowest BCUT2D eigenvalue weighted by Gasteiger charge is -2.08. The van der Waals surface area contributed by atoms with E-state index in [0.717, 1.165) is 0 Å². The number of furan rings is 1. The van der Waals surface area contributed by atoms with Gasteiger partial charge in [-0.1, -0.05) is 18.2 Å². The Balaban J connectivity index is 1.70. The van der Waals surface area contributed by atoms with Gasteiger partial charge in [0.25, 0.3) is 11.5 Å². The summed E-state index contributed by atoms with van der Waals surface area (Å²) in [6.07, 6.45) is 0. The molecular formula is C22H19N3O5S. The molecule has 4 rings (SSSR count). The van der Waals surface area contributed by atoms with Crippen LogP contribution in [0, 0.1) is 13.8 Å². The molecule has 0 aliphatic rings. The van der Waals surface area contributed by atoms with E-state index >= 15 is 0 Å². The lowest BCUT2D eigenvalue weighted by atomic mass is 10.2. The predicted octanol–water partition coefficient (Wildman–Crippen LogP) is 3.76. The number of benzene rings is 1. The number of ether oxygens (including phenoxy) is 1. The van der Waals surface area contributed by atoms with Crippen LogP contribution < -0.4 is 10.9 Å². The van der Waals surface area contributed by atoms with Crippen molar-refractivity contribution in [2.24, 2.45) is 0 Å². The first-order chi connectivity index (χ1) is 14.9. The molecule has 158 valence electrons. The van der Waals surface area contributed by atoms with Gasteiger partial charge in [0.05, 0.1) is 23.9 Å². The molecule has 8 nitrogen and oxygen atoms in total. The van der Waals surface area contributed by atoms with Crippen LogP contribution in [0.2, 0.25) is 0 Å². The first-order valence-corrected chi connectivity index (χ1v) is 10.2.